The molecule has 8 heteroatoms. The molecule has 3 rings (SSSR count). The number of sulfonamides is 1. The van der Waals surface area contributed by atoms with E-state index in [1.807, 2.05) is 6.07 Å². The lowest BCUT2D eigenvalue weighted by atomic mass is 10.1. The van der Waals surface area contributed by atoms with Crippen molar-refractivity contribution in [2.24, 2.45) is 0 Å². The summed E-state index contributed by atoms with van der Waals surface area (Å²) in [5, 5.41) is 0. The van der Waals surface area contributed by atoms with Gasteiger partial charge in [0.2, 0.25) is 10.0 Å². The van der Waals surface area contributed by atoms with Gasteiger partial charge in [0, 0.05) is 31.1 Å². The van der Waals surface area contributed by atoms with Crippen molar-refractivity contribution in [1.29, 1.82) is 0 Å². The molecule has 152 valence electrons. The Kier molecular flexibility index (Phi) is 6.52. The molecule has 2 heterocycles. The highest BCUT2D eigenvalue weighted by Crippen LogP contribution is 2.27. The number of hydrogen-bond donors (Lipinski definition) is 0. The minimum absolute atomic E-state index is 0.0509. The zero-order chi connectivity index (χ0) is 20.3. The van der Waals surface area contributed by atoms with Crippen molar-refractivity contribution in [3.05, 3.63) is 51.5 Å². The normalized spacial score (nSPS) is 15.8. The Morgan fingerprint density at radius 2 is 1.82 bits per heavy atom. The number of amides is 1. The van der Waals surface area contributed by atoms with Crippen molar-refractivity contribution in [1.82, 2.24) is 9.21 Å². The maximum Gasteiger partial charge on any atom is 0.264 e. The summed E-state index contributed by atoms with van der Waals surface area (Å²) >= 11 is 1.54. The number of halogens is 1. The summed E-state index contributed by atoms with van der Waals surface area (Å²) in [7, 11) is -3.90. The van der Waals surface area contributed by atoms with Crippen LogP contribution in [0.4, 0.5) is 4.39 Å². The molecule has 1 fully saturated rings. The van der Waals surface area contributed by atoms with Gasteiger partial charge in [0.05, 0.1) is 4.88 Å². The number of nitrogens with zero attached hydrogens (tertiary/aromatic N) is 2. The summed E-state index contributed by atoms with van der Waals surface area (Å²) in [5.74, 6) is -0.805. The fraction of sp³-hybridized carbons (Fsp3) is 0.450. The van der Waals surface area contributed by atoms with Crippen molar-refractivity contribution in [3.8, 4) is 0 Å². The number of carbonyl (C=O) groups is 1. The lowest BCUT2D eigenvalue weighted by Crippen LogP contribution is -2.50. The largest absolute Gasteiger partial charge is 0.335 e. The molecule has 1 aromatic carbocycles. The van der Waals surface area contributed by atoms with E-state index in [9.17, 15) is 17.6 Å². The molecule has 0 aliphatic carbocycles. The molecule has 0 bridgehead atoms. The SMILES string of the molecule is CCCc1sc(C(=O)N2CCN(S(=O)(=O)c3ccccc3F)CC2)cc1CC. The second-order valence-corrected chi connectivity index (χ2v) is 9.83. The summed E-state index contributed by atoms with van der Waals surface area (Å²) < 4.78 is 40.6. The Morgan fingerprint density at radius 1 is 1.14 bits per heavy atom. The first kappa shape index (κ1) is 21.0. The zero-order valence-corrected chi connectivity index (χ0v) is 17.8. The average Bonchev–Trinajstić information content (AvgIpc) is 3.11. The third kappa shape index (κ3) is 4.14. The molecule has 0 unspecified atom stereocenters. The molecule has 1 aromatic heterocycles. The van der Waals surface area contributed by atoms with Gasteiger partial charge in [-0.25, -0.2) is 12.8 Å². The molecule has 0 spiro atoms. The number of benzene rings is 1. The van der Waals surface area contributed by atoms with Crippen molar-refractivity contribution in [2.45, 2.75) is 38.0 Å². The lowest BCUT2D eigenvalue weighted by molar-refractivity contribution is 0.0702. The molecule has 1 amide bonds. The van der Waals surface area contributed by atoms with Crippen LogP contribution in [0.5, 0.6) is 0 Å². The van der Waals surface area contributed by atoms with Crippen molar-refractivity contribution < 1.29 is 17.6 Å². The van der Waals surface area contributed by atoms with Gasteiger partial charge >= 0.3 is 0 Å². The van der Waals surface area contributed by atoms with Crippen LogP contribution in [-0.2, 0) is 22.9 Å². The van der Waals surface area contributed by atoms with E-state index in [-0.39, 0.29) is 23.9 Å². The summed E-state index contributed by atoms with van der Waals surface area (Å²) in [6.45, 7) is 5.13. The Bertz CT molecular complexity index is 948. The molecule has 2 aromatic rings. The third-order valence-corrected chi connectivity index (χ3v) is 8.10. The molecule has 1 aliphatic heterocycles. The van der Waals surface area contributed by atoms with E-state index in [4.69, 9.17) is 0 Å². The molecule has 28 heavy (non-hydrogen) atoms. The van der Waals surface area contributed by atoms with Crippen LogP contribution in [0.1, 0.15) is 40.4 Å². The van der Waals surface area contributed by atoms with E-state index in [0.717, 1.165) is 25.3 Å². The average molecular weight is 425 g/mol. The number of aryl methyl sites for hydroxylation is 2. The van der Waals surface area contributed by atoms with Gasteiger partial charge in [-0.3, -0.25) is 4.79 Å². The predicted molar refractivity (Wildman–Crippen MR) is 109 cm³/mol. The van der Waals surface area contributed by atoms with Crippen molar-refractivity contribution in [2.75, 3.05) is 26.2 Å². The quantitative estimate of drug-likeness (QED) is 0.713. The Balaban J connectivity index is 1.70. The molecular formula is C20H25FN2O3S2. The Hall–Kier alpha value is -1.77. The van der Waals surface area contributed by atoms with Gasteiger partial charge < -0.3 is 4.90 Å². The molecule has 0 atom stereocenters. The first-order valence-corrected chi connectivity index (χ1v) is 11.8. The lowest BCUT2D eigenvalue weighted by Gasteiger charge is -2.33. The fourth-order valence-electron chi connectivity index (χ4n) is 3.39. The van der Waals surface area contributed by atoms with Crippen molar-refractivity contribution in [3.63, 3.8) is 0 Å². The van der Waals surface area contributed by atoms with Crippen LogP contribution in [0.2, 0.25) is 0 Å². The summed E-state index contributed by atoms with van der Waals surface area (Å²) in [6.07, 6.45) is 2.90. The molecule has 5 nitrogen and oxygen atoms in total. The van der Waals surface area contributed by atoms with Gasteiger partial charge in [-0.2, -0.15) is 4.31 Å². The zero-order valence-electron chi connectivity index (χ0n) is 16.2. The van der Waals surface area contributed by atoms with Crippen molar-refractivity contribution >= 4 is 27.3 Å². The van der Waals surface area contributed by atoms with E-state index in [1.165, 1.54) is 32.9 Å². The maximum atomic E-state index is 13.9. The molecule has 1 saturated heterocycles. The van der Waals surface area contributed by atoms with Crippen LogP contribution >= 0.6 is 11.3 Å². The second kappa shape index (κ2) is 8.71. The number of carbonyl (C=O) groups excluding carboxylic acids is 1. The molecule has 0 N–H and O–H groups in total. The van der Waals surface area contributed by atoms with E-state index in [2.05, 4.69) is 13.8 Å². The molecule has 0 radical (unpaired) electrons. The topological polar surface area (TPSA) is 57.7 Å². The van der Waals surface area contributed by atoms with Crippen LogP contribution < -0.4 is 0 Å². The fourth-order valence-corrected chi connectivity index (χ4v) is 6.20. The smallest absolute Gasteiger partial charge is 0.264 e. The predicted octanol–water partition coefficient (Wildman–Crippen LogP) is 3.55. The van der Waals surface area contributed by atoms with E-state index >= 15 is 0 Å². The van der Waals surface area contributed by atoms with Gasteiger partial charge in [-0.15, -0.1) is 11.3 Å². The molecular weight excluding hydrogens is 399 g/mol. The van der Waals surface area contributed by atoms with Gasteiger partial charge in [-0.05, 0) is 36.6 Å². The first-order chi connectivity index (χ1) is 13.4. The van der Waals surface area contributed by atoms with Crippen LogP contribution in [0.25, 0.3) is 0 Å². The van der Waals surface area contributed by atoms with Crippen LogP contribution in [0.15, 0.2) is 35.2 Å². The summed E-state index contributed by atoms with van der Waals surface area (Å²) in [4.78, 5) is 16.2. The molecule has 0 saturated carbocycles. The maximum absolute atomic E-state index is 13.9. The Labute approximate surface area is 169 Å². The van der Waals surface area contributed by atoms with Crippen LogP contribution in [0.3, 0.4) is 0 Å². The third-order valence-electron chi connectivity index (χ3n) is 4.95. The number of piperazine rings is 1. The first-order valence-electron chi connectivity index (χ1n) is 9.54. The highest BCUT2D eigenvalue weighted by Gasteiger charge is 2.32. The highest BCUT2D eigenvalue weighted by molar-refractivity contribution is 7.89. The van der Waals surface area contributed by atoms with Gasteiger partial charge in [0.15, 0.2) is 0 Å². The number of rotatable bonds is 6. The van der Waals surface area contributed by atoms with Crippen LogP contribution in [0, 0.1) is 5.82 Å². The minimum Gasteiger partial charge on any atom is -0.335 e. The standard InChI is InChI=1S/C20H25FN2O3S2/c1-3-7-17-15(4-2)14-18(27-17)20(24)22-10-12-23(13-11-22)28(25,26)19-9-6-5-8-16(19)21/h5-6,8-9,14H,3-4,7,10-13H2,1-2H3. The number of thiophene rings is 1. The summed E-state index contributed by atoms with van der Waals surface area (Å²) in [6, 6.07) is 7.35. The van der Waals surface area contributed by atoms with Gasteiger partial charge in [-0.1, -0.05) is 32.4 Å². The van der Waals surface area contributed by atoms with E-state index < -0.39 is 15.8 Å². The highest BCUT2D eigenvalue weighted by atomic mass is 32.2. The monoisotopic (exact) mass is 424 g/mol. The van der Waals surface area contributed by atoms with E-state index in [1.54, 1.807) is 16.2 Å². The minimum atomic E-state index is -3.90. The van der Waals surface area contributed by atoms with Gasteiger partial charge in [0.25, 0.3) is 5.91 Å². The van der Waals surface area contributed by atoms with Crippen LogP contribution in [-0.4, -0.2) is 49.7 Å². The van der Waals surface area contributed by atoms with E-state index in [0.29, 0.717) is 18.0 Å². The van der Waals surface area contributed by atoms with Gasteiger partial charge in [0.1, 0.15) is 10.7 Å². The number of hydrogen-bond acceptors (Lipinski definition) is 4. The molecule has 1 aliphatic rings. The Morgan fingerprint density at radius 3 is 2.43 bits per heavy atom. The summed E-state index contributed by atoms with van der Waals surface area (Å²) in [5.41, 5.74) is 1.22. The second-order valence-electron chi connectivity index (χ2n) is 6.79.